The zero-order valence-electron chi connectivity index (χ0n) is 19.0. The molecule has 9 nitrogen and oxygen atoms in total. The number of amides is 1. The summed E-state index contributed by atoms with van der Waals surface area (Å²) in [5.41, 5.74) is 3.72. The number of para-hydroxylation sites is 2. The summed E-state index contributed by atoms with van der Waals surface area (Å²) in [7, 11) is 3.50. The third kappa shape index (κ3) is 4.38. The zero-order chi connectivity index (χ0) is 23.5. The van der Waals surface area contributed by atoms with Crippen molar-refractivity contribution in [2.24, 2.45) is 0 Å². The molecule has 1 aliphatic heterocycles. The lowest BCUT2D eigenvalue weighted by atomic mass is 10.2. The summed E-state index contributed by atoms with van der Waals surface area (Å²) in [6.07, 6.45) is 1.53. The van der Waals surface area contributed by atoms with E-state index in [9.17, 15) is 4.79 Å². The smallest absolute Gasteiger partial charge is 0.302 e. The number of anilines is 3. The van der Waals surface area contributed by atoms with Crippen LogP contribution in [0.25, 0.3) is 11.1 Å². The van der Waals surface area contributed by atoms with Crippen LogP contribution in [0.5, 0.6) is 11.5 Å². The van der Waals surface area contributed by atoms with Gasteiger partial charge < -0.3 is 24.1 Å². The van der Waals surface area contributed by atoms with Crippen LogP contribution in [0.15, 0.2) is 65.2 Å². The van der Waals surface area contributed by atoms with Crippen LogP contribution in [-0.4, -0.2) is 56.3 Å². The number of carbonyl (C=O) groups excluding carboxylic acids is 1. The minimum atomic E-state index is -0.277. The standard InChI is InChI=1S/C25H25N5O4/c1-26-24(31)20-15-18(9-10-27-20)33-17-7-8-19-23(16-17)34-25(28-19)29(2)21-5-3-4-6-22(21)30-11-13-32-14-12-30/h3-10,15-16H,11-14H2,1-2H3,(H,26,31). The maximum Gasteiger partial charge on any atom is 0.302 e. The van der Waals surface area contributed by atoms with Gasteiger partial charge in [-0.2, -0.15) is 4.98 Å². The van der Waals surface area contributed by atoms with E-state index in [1.807, 2.05) is 36.2 Å². The maximum atomic E-state index is 11.8. The number of carbonyl (C=O) groups is 1. The number of ether oxygens (including phenoxy) is 2. The van der Waals surface area contributed by atoms with Gasteiger partial charge in [0.05, 0.1) is 24.6 Å². The molecule has 174 valence electrons. The fraction of sp³-hybridized carbons (Fsp3) is 0.240. The Morgan fingerprint density at radius 2 is 1.88 bits per heavy atom. The predicted octanol–water partition coefficient (Wildman–Crippen LogP) is 3.98. The van der Waals surface area contributed by atoms with Gasteiger partial charge in [0.2, 0.25) is 0 Å². The molecule has 1 amide bonds. The zero-order valence-corrected chi connectivity index (χ0v) is 19.0. The first-order chi connectivity index (χ1) is 16.6. The van der Waals surface area contributed by atoms with Crippen LogP contribution >= 0.6 is 0 Å². The number of rotatable bonds is 6. The van der Waals surface area contributed by atoms with Gasteiger partial charge in [0.1, 0.15) is 22.7 Å². The molecule has 34 heavy (non-hydrogen) atoms. The third-order valence-corrected chi connectivity index (χ3v) is 5.66. The van der Waals surface area contributed by atoms with Crippen LogP contribution in [-0.2, 0) is 4.74 Å². The lowest BCUT2D eigenvalue weighted by Crippen LogP contribution is -2.37. The van der Waals surface area contributed by atoms with Crippen molar-refractivity contribution in [3.8, 4) is 11.5 Å². The van der Waals surface area contributed by atoms with Crippen molar-refractivity contribution in [3.05, 3.63) is 66.5 Å². The Hall–Kier alpha value is -4.11. The molecule has 1 saturated heterocycles. The number of nitrogens with one attached hydrogen (secondary N) is 1. The van der Waals surface area contributed by atoms with E-state index in [1.165, 1.54) is 6.20 Å². The first-order valence-electron chi connectivity index (χ1n) is 11.0. The Morgan fingerprint density at radius 3 is 2.71 bits per heavy atom. The normalized spacial score (nSPS) is 13.6. The molecule has 0 aliphatic carbocycles. The highest BCUT2D eigenvalue weighted by Crippen LogP contribution is 2.35. The minimum absolute atomic E-state index is 0.277. The fourth-order valence-corrected chi connectivity index (χ4v) is 3.89. The molecule has 0 atom stereocenters. The van der Waals surface area contributed by atoms with Crippen LogP contribution in [0, 0.1) is 0 Å². The van der Waals surface area contributed by atoms with Gasteiger partial charge in [-0.1, -0.05) is 12.1 Å². The van der Waals surface area contributed by atoms with Crippen molar-refractivity contribution in [2.75, 3.05) is 50.2 Å². The summed E-state index contributed by atoms with van der Waals surface area (Å²) in [5, 5.41) is 2.55. The number of hydrogen-bond donors (Lipinski definition) is 1. The molecular formula is C25H25N5O4. The van der Waals surface area contributed by atoms with Gasteiger partial charge in [0.15, 0.2) is 5.58 Å². The second-order valence-electron chi connectivity index (χ2n) is 7.83. The number of fused-ring (bicyclic) bond motifs is 1. The maximum absolute atomic E-state index is 11.8. The average molecular weight is 460 g/mol. The molecule has 0 spiro atoms. The van der Waals surface area contributed by atoms with Crippen LogP contribution in [0.2, 0.25) is 0 Å². The van der Waals surface area contributed by atoms with Gasteiger partial charge in [-0.25, -0.2) is 0 Å². The van der Waals surface area contributed by atoms with Gasteiger partial charge in [0, 0.05) is 45.5 Å². The Balaban J connectivity index is 1.40. The summed E-state index contributed by atoms with van der Waals surface area (Å²) in [6.45, 7) is 3.11. The fourth-order valence-electron chi connectivity index (χ4n) is 3.89. The molecule has 1 N–H and O–H groups in total. The molecule has 3 heterocycles. The molecule has 0 saturated carbocycles. The Kier molecular flexibility index (Phi) is 6.01. The summed E-state index contributed by atoms with van der Waals surface area (Å²) < 4.78 is 17.5. The number of aromatic nitrogens is 2. The van der Waals surface area contributed by atoms with E-state index in [0.29, 0.717) is 36.3 Å². The van der Waals surface area contributed by atoms with Crippen molar-refractivity contribution in [3.63, 3.8) is 0 Å². The molecule has 0 bridgehead atoms. The first kappa shape index (κ1) is 21.7. The summed E-state index contributed by atoms with van der Waals surface area (Å²) in [5.74, 6) is 0.797. The Labute approximate surface area is 196 Å². The highest BCUT2D eigenvalue weighted by atomic mass is 16.5. The van der Waals surface area contributed by atoms with Crippen LogP contribution in [0.1, 0.15) is 10.5 Å². The quantitative estimate of drug-likeness (QED) is 0.463. The summed E-state index contributed by atoms with van der Waals surface area (Å²) in [6, 6.07) is 17.4. The minimum Gasteiger partial charge on any atom is -0.457 e. The first-order valence-corrected chi connectivity index (χ1v) is 11.0. The van der Waals surface area contributed by atoms with E-state index < -0.39 is 0 Å². The molecule has 0 unspecified atom stereocenters. The van der Waals surface area contributed by atoms with Gasteiger partial charge >= 0.3 is 6.01 Å². The predicted molar refractivity (Wildman–Crippen MR) is 129 cm³/mol. The molecule has 2 aromatic carbocycles. The third-order valence-electron chi connectivity index (χ3n) is 5.66. The van der Waals surface area contributed by atoms with E-state index >= 15 is 0 Å². The lowest BCUT2D eigenvalue weighted by Gasteiger charge is -2.32. The highest BCUT2D eigenvalue weighted by molar-refractivity contribution is 5.92. The van der Waals surface area contributed by atoms with Gasteiger partial charge in [-0.3, -0.25) is 14.7 Å². The monoisotopic (exact) mass is 459 g/mol. The molecule has 9 heteroatoms. The van der Waals surface area contributed by atoms with E-state index in [-0.39, 0.29) is 11.6 Å². The summed E-state index contributed by atoms with van der Waals surface area (Å²) >= 11 is 0. The van der Waals surface area contributed by atoms with Crippen molar-refractivity contribution in [2.45, 2.75) is 0 Å². The number of benzene rings is 2. The Bertz CT molecular complexity index is 1320. The van der Waals surface area contributed by atoms with Gasteiger partial charge in [-0.15, -0.1) is 0 Å². The van der Waals surface area contributed by atoms with Crippen molar-refractivity contribution in [1.29, 1.82) is 0 Å². The van der Waals surface area contributed by atoms with Crippen LogP contribution in [0.4, 0.5) is 17.4 Å². The second-order valence-corrected chi connectivity index (χ2v) is 7.83. The molecule has 4 aromatic rings. The number of morpholine rings is 1. The highest BCUT2D eigenvalue weighted by Gasteiger charge is 2.20. The van der Waals surface area contributed by atoms with Crippen LogP contribution < -0.4 is 19.9 Å². The SMILES string of the molecule is CNC(=O)c1cc(Oc2ccc3nc(N(C)c4ccccc4N4CCOCC4)oc3c2)ccn1. The molecule has 1 aliphatic rings. The summed E-state index contributed by atoms with van der Waals surface area (Å²) in [4.78, 5) is 24.8. The number of pyridine rings is 1. The van der Waals surface area contributed by atoms with E-state index in [1.54, 1.807) is 25.2 Å². The van der Waals surface area contributed by atoms with Crippen LogP contribution in [0.3, 0.4) is 0 Å². The second kappa shape index (κ2) is 9.40. The number of oxazole rings is 1. The van der Waals surface area contributed by atoms with E-state index in [2.05, 4.69) is 32.3 Å². The van der Waals surface area contributed by atoms with Crippen molar-refractivity contribution < 1.29 is 18.7 Å². The molecule has 1 fully saturated rings. The number of hydrogen-bond acceptors (Lipinski definition) is 8. The average Bonchev–Trinajstić information content (AvgIpc) is 3.32. The number of nitrogens with zero attached hydrogens (tertiary/aromatic N) is 4. The van der Waals surface area contributed by atoms with Gasteiger partial charge in [0.25, 0.3) is 5.91 Å². The molecule has 2 aromatic heterocycles. The Morgan fingerprint density at radius 1 is 1.09 bits per heavy atom. The lowest BCUT2D eigenvalue weighted by molar-refractivity contribution is 0.0958. The molecular weight excluding hydrogens is 434 g/mol. The molecule has 5 rings (SSSR count). The largest absolute Gasteiger partial charge is 0.457 e. The topological polar surface area (TPSA) is 93.0 Å². The van der Waals surface area contributed by atoms with Gasteiger partial charge in [-0.05, 0) is 30.3 Å². The molecule has 0 radical (unpaired) electrons. The van der Waals surface area contributed by atoms with E-state index in [0.717, 1.165) is 30.0 Å². The van der Waals surface area contributed by atoms with Crippen molar-refractivity contribution in [1.82, 2.24) is 15.3 Å². The van der Waals surface area contributed by atoms with Crippen molar-refractivity contribution >= 4 is 34.4 Å². The van der Waals surface area contributed by atoms with E-state index in [4.69, 9.17) is 13.9 Å².